The number of aryl methyl sites for hydroxylation is 1. The van der Waals surface area contributed by atoms with E-state index in [1.165, 1.54) is 42.5 Å². The summed E-state index contributed by atoms with van der Waals surface area (Å²) in [6.07, 6.45) is 4.08. The van der Waals surface area contributed by atoms with Gasteiger partial charge in [-0.15, -0.1) is 0 Å². The molecule has 10 heteroatoms. The Balaban J connectivity index is 1.40. The number of carbonyl (C=O) groups is 5. The smallest absolute Gasteiger partial charge is 0.343 e. The lowest BCUT2D eigenvalue weighted by molar-refractivity contribution is -0.154. The number of rotatable bonds is 7. The maximum absolute atomic E-state index is 13.8. The number of benzene rings is 3. The Morgan fingerprint density at radius 3 is 2.24 bits per heavy atom. The fourth-order valence-electron chi connectivity index (χ4n) is 5.20. The van der Waals surface area contributed by atoms with E-state index < -0.39 is 47.9 Å². The third-order valence-corrected chi connectivity index (χ3v) is 8.00. The first-order valence-corrected chi connectivity index (χ1v) is 14.0. The van der Waals surface area contributed by atoms with Gasteiger partial charge in [0.1, 0.15) is 12.3 Å². The molecule has 0 bridgehead atoms. The number of hydrazine groups is 1. The number of fused-ring (bicyclic) bond motifs is 1. The highest BCUT2D eigenvalue weighted by Gasteiger charge is 2.53. The van der Waals surface area contributed by atoms with Crippen molar-refractivity contribution >= 4 is 52.7 Å². The van der Waals surface area contributed by atoms with Crippen LogP contribution in [-0.2, 0) is 9.59 Å². The predicted octanol–water partition coefficient (Wildman–Crippen LogP) is 5.96. The molecular weight excluding hydrogens is 579 g/mol. The van der Waals surface area contributed by atoms with E-state index in [-0.39, 0.29) is 27.8 Å². The summed E-state index contributed by atoms with van der Waals surface area (Å²) in [5, 5.41) is 1.96. The fraction of sp³-hybridized carbons (Fsp3) is 0.219. The van der Waals surface area contributed by atoms with Crippen molar-refractivity contribution in [2.45, 2.75) is 20.3 Å². The number of Topliss-reactive ketones (excluding diaryl/α,β-unsaturated/α-hetero) is 1. The van der Waals surface area contributed by atoms with E-state index in [0.29, 0.717) is 17.0 Å². The summed E-state index contributed by atoms with van der Waals surface area (Å²) < 4.78 is 5.40. The topological polar surface area (TPSA) is 101 Å². The van der Waals surface area contributed by atoms with E-state index in [0.717, 1.165) is 15.6 Å². The molecular formula is C32H26Cl2N2O6. The van der Waals surface area contributed by atoms with Crippen LogP contribution in [0.3, 0.4) is 0 Å². The molecule has 3 aromatic rings. The van der Waals surface area contributed by atoms with Crippen LogP contribution >= 0.6 is 23.2 Å². The van der Waals surface area contributed by atoms with Crippen molar-refractivity contribution < 1.29 is 28.7 Å². The molecule has 1 aliphatic heterocycles. The molecule has 0 spiro atoms. The van der Waals surface area contributed by atoms with Gasteiger partial charge in [0.05, 0.1) is 28.0 Å². The highest BCUT2D eigenvalue weighted by atomic mass is 35.5. The summed E-state index contributed by atoms with van der Waals surface area (Å²) in [5.41, 5.74) is 1.54. The molecule has 1 aliphatic carbocycles. The van der Waals surface area contributed by atoms with Gasteiger partial charge in [-0.2, -0.15) is 5.01 Å². The minimum atomic E-state index is -0.797. The first-order valence-electron chi connectivity index (χ1n) is 13.3. The SMILES string of the molecule is Cc1ccc(C(=O)Oc2ccc(C(=O)CN(C(=O)c3ccc(Cl)cc3Cl)N3C(=O)[C@H]4[C@@H](C)C=CC[C@H]4C3=O)cc2)cc1. The van der Waals surface area contributed by atoms with Crippen molar-refractivity contribution in [3.8, 4) is 5.75 Å². The maximum Gasteiger partial charge on any atom is 0.343 e. The Kier molecular flexibility index (Phi) is 8.29. The Morgan fingerprint density at radius 2 is 1.60 bits per heavy atom. The molecule has 3 amide bonds. The van der Waals surface area contributed by atoms with Crippen LogP contribution in [0.25, 0.3) is 0 Å². The van der Waals surface area contributed by atoms with E-state index in [1.54, 1.807) is 24.3 Å². The van der Waals surface area contributed by atoms with Gasteiger partial charge in [-0.3, -0.25) is 19.2 Å². The number of hydrogen-bond donors (Lipinski definition) is 0. The average Bonchev–Trinajstić information content (AvgIpc) is 3.22. The fourth-order valence-corrected chi connectivity index (χ4v) is 5.69. The molecule has 8 nitrogen and oxygen atoms in total. The maximum atomic E-state index is 13.8. The quantitative estimate of drug-likeness (QED) is 0.108. The van der Waals surface area contributed by atoms with Crippen LogP contribution < -0.4 is 4.74 Å². The van der Waals surface area contributed by atoms with E-state index in [2.05, 4.69) is 0 Å². The number of esters is 1. The number of imide groups is 1. The van der Waals surface area contributed by atoms with Crippen LogP contribution in [0.15, 0.2) is 78.9 Å². The molecule has 0 aromatic heterocycles. The Hall–Kier alpha value is -4.27. The van der Waals surface area contributed by atoms with Gasteiger partial charge in [0.2, 0.25) is 0 Å². The van der Waals surface area contributed by atoms with Crippen LogP contribution in [0.5, 0.6) is 5.75 Å². The van der Waals surface area contributed by atoms with Crippen molar-refractivity contribution in [2.24, 2.45) is 17.8 Å². The van der Waals surface area contributed by atoms with Gasteiger partial charge in [-0.25, -0.2) is 9.80 Å². The number of hydrogen-bond acceptors (Lipinski definition) is 6. The number of carbonyl (C=O) groups excluding carboxylic acids is 5. The third-order valence-electron chi connectivity index (χ3n) is 7.45. The van der Waals surface area contributed by atoms with Crippen molar-refractivity contribution in [3.05, 3.63) is 111 Å². The Labute approximate surface area is 252 Å². The summed E-state index contributed by atoms with van der Waals surface area (Å²) >= 11 is 12.3. The first-order chi connectivity index (χ1) is 20.0. The van der Waals surface area contributed by atoms with Gasteiger partial charge in [0, 0.05) is 10.6 Å². The van der Waals surface area contributed by atoms with E-state index in [9.17, 15) is 24.0 Å². The zero-order valence-corrected chi connectivity index (χ0v) is 24.3. The van der Waals surface area contributed by atoms with Crippen LogP contribution in [0.2, 0.25) is 10.0 Å². The molecule has 3 aromatic carbocycles. The van der Waals surface area contributed by atoms with E-state index >= 15 is 0 Å². The largest absolute Gasteiger partial charge is 0.423 e. The van der Waals surface area contributed by atoms with Crippen molar-refractivity contribution in [3.63, 3.8) is 0 Å². The number of halogens is 2. The second-order valence-corrected chi connectivity index (χ2v) is 11.2. The van der Waals surface area contributed by atoms with Gasteiger partial charge in [0.25, 0.3) is 17.7 Å². The molecule has 1 fully saturated rings. The molecule has 214 valence electrons. The highest BCUT2D eigenvalue weighted by molar-refractivity contribution is 6.36. The Bertz CT molecular complexity index is 1620. The third kappa shape index (κ3) is 5.73. The molecule has 3 atom stereocenters. The van der Waals surface area contributed by atoms with Crippen molar-refractivity contribution in [1.82, 2.24) is 10.0 Å². The lowest BCUT2D eigenvalue weighted by Gasteiger charge is -2.30. The second kappa shape index (κ2) is 11.9. The number of amides is 3. The lowest BCUT2D eigenvalue weighted by Crippen LogP contribution is -2.52. The molecule has 1 saturated heterocycles. The van der Waals surface area contributed by atoms with Crippen LogP contribution in [0.1, 0.15) is 50.0 Å². The summed E-state index contributed by atoms with van der Waals surface area (Å²) in [6, 6.07) is 16.9. The molecule has 0 unspecified atom stereocenters. The zero-order chi connectivity index (χ0) is 30.1. The normalized spacial score (nSPS) is 19.4. The zero-order valence-electron chi connectivity index (χ0n) is 22.8. The molecule has 42 heavy (non-hydrogen) atoms. The van der Waals surface area contributed by atoms with E-state index in [4.69, 9.17) is 27.9 Å². The second-order valence-electron chi connectivity index (χ2n) is 10.3. The van der Waals surface area contributed by atoms with Crippen LogP contribution in [0, 0.1) is 24.7 Å². The van der Waals surface area contributed by atoms with Gasteiger partial charge < -0.3 is 4.74 Å². The minimum absolute atomic E-state index is 0.0104. The van der Waals surface area contributed by atoms with Gasteiger partial charge >= 0.3 is 5.97 Å². The summed E-state index contributed by atoms with van der Waals surface area (Å²) in [7, 11) is 0. The lowest BCUT2D eigenvalue weighted by atomic mass is 9.78. The van der Waals surface area contributed by atoms with Crippen LogP contribution in [0.4, 0.5) is 0 Å². The van der Waals surface area contributed by atoms with Gasteiger partial charge in [-0.05, 0) is 73.9 Å². The summed E-state index contributed by atoms with van der Waals surface area (Å²) in [4.78, 5) is 66.7. The van der Waals surface area contributed by atoms with Crippen molar-refractivity contribution in [2.75, 3.05) is 6.54 Å². The summed E-state index contributed by atoms with van der Waals surface area (Å²) in [5.74, 6) is -4.27. The molecule has 0 radical (unpaired) electrons. The molecule has 0 N–H and O–H groups in total. The van der Waals surface area contributed by atoms with E-state index in [1.807, 2.05) is 26.0 Å². The number of ether oxygens (including phenoxy) is 1. The predicted molar refractivity (Wildman–Crippen MR) is 156 cm³/mol. The Morgan fingerprint density at radius 1 is 0.929 bits per heavy atom. The standard InChI is InChI=1S/C32H26Cl2N2O6/c1-18-6-8-21(9-7-18)32(41)42-23-13-10-20(11-14-23)27(37)17-35(29(38)24-15-12-22(33)16-26(24)34)36-30(39)25-5-3-4-19(2)28(25)31(36)40/h3-4,6-16,19,25,28H,5,17H2,1-2H3/t19-,25+,28-/m0/s1. The molecule has 5 rings (SSSR count). The number of nitrogens with zero attached hydrogens (tertiary/aromatic N) is 2. The summed E-state index contributed by atoms with van der Waals surface area (Å²) in [6.45, 7) is 3.13. The van der Waals surface area contributed by atoms with Gasteiger partial charge in [0.15, 0.2) is 5.78 Å². The monoisotopic (exact) mass is 604 g/mol. The molecule has 2 aliphatic rings. The minimum Gasteiger partial charge on any atom is -0.423 e. The first kappa shape index (κ1) is 29.2. The number of allylic oxidation sites excluding steroid dienone is 2. The highest BCUT2D eigenvalue weighted by Crippen LogP contribution is 2.39. The van der Waals surface area contributed by atoms with Crippen LogP contribution in [-0.4, -0.2) is 46.0 Å². The molecule has 1 heterocycles. The van der Waals surface area contributed by atoms with Gasteiger partial charge in [-0.1, -0.05) is 60.0 Å². The number of ketones is 1. The molecule has 0 saturated carbocycles. The van der Waals surface area contributed by atoms with Crippen molar-refractivity contribution in [1.29, 1.82) is 0 Å². The average molecular weight is 605 g/mol.